The maximum absolute atomic E-state index is 8.87. The van der Waals surface area contributed by atoms with E-state index in [4.69, 9.17) is 14.6 Å². The van der Waals surface area contributed by atoms with Crippen molar-refractivity contribution in [3.05, 3.63) is 0 Å². The van der Waals surface area contributed by atoms with Gasteiger partial charge in [-0.3, -0.25) is 0 Å². The van der Waals surface area contributed by atoms with Crippen LogP contribution in [0.4, 0.5) is 0 Å². The van der Waals surface area contributed by atoms with Crippen LogP contribution in [0.5, 0.6) is 0 Å². The van der Waals surface area contributed by atoms with Crippen LogP contribution in [0.2, 0.25) is 0 Å². The van der Waals surface area contributed by atoms with Gasteiger partial charge in [0.05, 0.1) is 12.7 Å². The molecule has 2 aliphatic heterocycles. The van der Waals surface area contributed by atoms with Gasteiger partial charge in [0, 0.05) is 19.6 Å². The summed E-state index contributed by atoms with van der Waals surface area (Å²) in [5.41, 5.74) is 0. The van der Waals surface area contributed by atoms with Crippen LogP contribution in [0.25, 0.3) is 0 Å². The molecule has 0 aromatic carbocycles. The van der Waals surface area contributed by atoms with Crippen molar-refractivity contribution in [2.45, 2.75) is 38.1 Å². The molecule has 1 N–H and O–H groups in total. The first-order valence-electron chi connectivity index (χ1n) is 6.22. The van der Waals surface area contributed by atoms with Crippen LogP contribution in [-0.2, 0) is 9.47 Å². The van der Waals surface area contributed by atoms with Gasteiger partial charge in [-0.15, -0.1) is 0 Å². The van der Waals surface area contributed by atoms with Gasteiger partial charge in [0.15, 0.2) is 5.79 Å². The fraction of sp³-hybridized carbons (Fsp3) is 1.00. The van der Waals surface area contributed by atoms with Crippen LogP contribution in [-0.4, -0.2) is 55.2 Å². The lowest BCUT2D eigenvalue weighted by Crippen LogP contribution is -2.31. The highest BCUT2D eigenvalue weighted by Gasteiger charge is 2.39. The Balaban J connectivity index is 1.80. The van der Waals surface area contributed by atoms with Gasteiger partial charge in [0.1, 0.15) is 0 Å². The molecule has 2 rings (SSSR count). The fourth-order valence-electron chi connectivity index (χ4n) is 2.80. The van der Waals surface area contributed by atoms with Crippen LogP contribution in [0.15, 0.2) is 0 Å². The number of ether oxygens (including phenoxy) is 2. The number of nitrogens with zero attached hydrogens (tertiary/aromatic N) is 1. The Hall–Kier alpha value is -0.160. The summed E-state index contributed by atoms with van der Waals surface area (Å²) >= 11 is 0. The molecule has 0 saturated carbocycles. The number of hydrogen-bond acceptors (Lipinski definition) is 4. The average molecular weight is 229 g/mol. The Morgan fingerprint density at radius 3 is 2.94 bits per heavy atom. The van der Waals surface area contributed by atoms with E-state index in [2.05, 4.69) is 11.9 Å². The van der Waals surface area contributed by atoms with E-state index in [0.717, 1.165) is 13.0 Å². The van der Waals surface area contributed by atoms with E-state index < -0.39 is 5.79 Å². The number of rotatable bonds is 4. The van der Waals surface area contributed by atoms with E-state index in [-0.39, 0.29) is 12.7 Å². The van der Waals surface area contributed by atoms with E-state index in [1.807, 2.05) is 6.92 Å². The minimum atomic E-state index is -0.421. The highest BCUT2D eigenvalue weighted by molar-refractivity contribution is 4.82. The standard InChI is InChI=1S/C12H23NO3/c1-12(7-10-3-5-13(2)8-10)15-9-11(16-12)4-6-14/h10-11,14H,3-9H2,1-2H3. The Kier molecular flexibility index (Phi) is 3.85. The summed E-state index contributed by atoms with van der Waals surface area (Å²) in [6.45, 7) is 5.16. The fourth-order valence-corrected chi connectivity index (χ4v) is 2.80. The normalized spacial score (nSPS) is 40.7. The zero-order valence-corrected chi connectivity index (χ0v) is 10.3. The van der Waals surface area contributed by atoms with Crippen molar-refractivity contribution in [1.82, 2.24) is 4.90 Å². The Labute approximate surface area is 97.5 Å². The molecule has 2 fully saturated rings. The number of hydrogen-bond donors (Lipinski definition) is 1. The molecule has 2 heterocycles. The Morgan fingerprint density at radius 1 is 1.50 bits per heavy atom. The molecule has 16 heavy (non-hydrogen) atoms. The van der Waals surface area contributed by atoms with Gasteiger partial charge in [-0.1, -0.05) is 0 Å². The molecule has 0 aromatic heterocycles. The lowest BCUT2D eigenvalue weighted by atomic mass is 9.99. The van der Waals surface area contributed by atoms with Crippen LogP contribution >= 0.6 is 0 Å². The molecule has 4 nitrogen and oxygen atoms in total. The van der Waals surface area contributed by atoms with Gasteiger partial charge >= 0.3 is 0 Å². The minimum Gasteiger partial charge on any atom is -0.396 e. The van der Waals surface area contributed by atoms with Gasteiger partial charge < -0.3 is 19.5 Å². The second kappa shape index (κ2) is 5.00. The molecular weight excluding hydrogens is 206 g/mol. The van der Waals surface area contributed by atoms with Crippen LogP contribution in [0.3, 0.4) is 0 Å². The van der Waals surface area contributed by atoms with Gasteiger partial charge in [-0.2, -0.15) is 0 Å². The van der Waals surface area contributed by atoms with Crippen molar-refractivity contribution >= 4 is 0 Å². The second-order valence-electron chi connectivity index (χ2n) is 5.32. The first kappa shape index (κ1) is 12.3. The smallest absolute Gasteiger partial charge is 0.166 e. The molecule has 0 aromatic rings. The van der Waals surface area contributed by atoms with Gasteiger partial charge in [-0.25, -0.2) is 0 Å². The van der Waals surface area contributed by atoms with E-state index in [1.54, 1.807) is 0 Å². The molecule has 0 bridgehead atoms. The molecule has 4 heteroatoms. The van der Waals surface area contributed by atoms with E-state index in [9.17, 15) is 0 Å². The highest BCUT2D eigenvalue weighted by atomic mass is 16.7. The van der Waals surface area contributed by atoms with Gasteiger partial charge in [0.2, 0.25) is 0 Å². The van der Waals surface area contributed by atoms with Crippen molar-refractivity contribution in [3.63, 3.8) is 0 Å². The molecule has 94 valence electrons. The predicted molar refractivity (Wildman–Crippen MR) is 61.2 cm³/mol. The lowest BCUT2D eigenvalue weighted by molar-refractivity contribution is -0.166. The zero-order valence-electron chi connectivity index (χ0n) is 10.3. The van der Waals surface area contributed by atoms with E-state index in [1.165, 1.54) is 13.0 Å². The van der Waals surface area contributed by atoms with Crippen LogP contribution < -0.4 is 0 Å². The summed E-state index contributed by atoms with van der Waals surface area (Å²) in [5.74, 6) is 0.262. The summed E-state index contributed by atoms with van der Waals surface area (Å²) in [6, 6.07) is 0. The number of aliphatic hydroxyl groups is 1. The summed E-state index contributed by atoms with van der Waals surface area (Å²) in [7, 11) is 2.16. The Morgan fingerprint density at radius 2 is 2.31 bits per heavy atom. The first-order valence-corrected chi connectivity index (χ1v) is 6.22. The van der Waals surface area contributed by atoms with Crippen molar-refractivity contribution < 1.29 is 14.6 Å². The van der Waals surface area contributed by atoms with Gasteiger partial charge in [0.25, 0.3) is 0 Å². The first-order chi connectivity index (χ1) is 7.61. The van der Waals surface area contributed by atoms with E-state index >= 15 is 0 Å². The van der Waals surface area contributed by atoms with Crippen molar-refractivity contribution in [3.8, 4) is 0 Å². The molecule has 0 aliphatic carbocycles. The van der Waals surface area contributed by atoms with E-state index in [0.29, 0.717) is 18.9 Å². The number of likely N-dealkylation sites (tertiary alicyclic amines) is 1. The van der Waals surface area contributed by atoms with Crippen LogP contribution in [0.1, 0.15) is 26.2 Å². The van der Waals surface area contributed by atoms with Crippen molar-refractivity contribution in [1.29, 1.82) is 0 Å². The molecule has 0 spiro atoms. The third kappa shape index (κ3) is 2.94. The van der Waals surface area contributed by atoms with Crippen molar-refractivity contribution in [2.75, 3.05) is 33.4 Å². The molecule has 3 atom stereocenters. The molecule has 2 saturated heterocycles. The second-order valence-corrected chi connectivity index (χ2v) is 5.32. The summed E-state index contributed by atoms with van der Waals surface area (Å²) < 4.78 is 11.6. The maximum Gasteiger partial charge on any atom is 0.166 e. The topological polar surface area (TPSA) is 41.9 Å². The third-order valence-corrected chi connectivity index (χ3v) is 3.59. The quantitative estimate of drug-likeness (QED) is 0.776. The third-order valence-electron chi connectivity index (χ3n) is 3.59. The number of aliphatic hydroxyl groups excluding tert-OH is 1. The molecule has 3 unspecified atom stereocenters. The maximum atomic E-state index is 8.87. The zero-order chi connectivity index (χ0) is 11.6. The average Bonchev–Trinajstić information content (AvgIpc) is 2.75. The summed E-state index contributed by atoms with van der Waals surface area (Å²) in [5, 5.41) is 8.87. The minimum absolute atomic E-state index is 0.0779. The molecular formula is C12H23NO3. The van der Waals surface area contributed by atoms with Crippen LogP contribution in [0, 0.1) is 5.92 Å². The predicted octanol–water partition coefficient (Wildman–Crippen LogP) is 0.842. The summed E-state index contributed by atoms with van der Waals surface area (Å²) in [4.78, 5) is 2.36. The highest BCUT2D eigenvalue weighted by Crippen LogP contribution is 2.33. The van der Waals surface area contributed by atoms with Gasteiger partial charge in [-0.05, 0) is 39.3 Å². The molecule has 2 aliphatic rings. The van der Waals surface area contributed by atoms with Crippen molar-refractivity contribution in [2.24, 2.45) is 5.92 Å². The Bertz CT molecular complexity index is 236. The summed E-state index contributed by atoms with van der Waals surface area (Å²) in [6.07, 6.45) is 2.97. The largest absolute Gasteiger partial charge is 0.396 e. The monoisotopic (exact) mass is 229 g/mol. The SMILES string of the molecule is CN1CCC(CC2(C)OCC(CCO)O2)C1. The lowest BCUT2D eigenvalue weighted by Gasteiger charge is -2.26. The molecule has 0 amide bonds. The molecule has 0 radical (unpaired) electrons.